The van der Waals surface area contributed by atoms with Gasteiger partial charge in [0.2, 0.25) is 5.91 Å². The van der Waals surface area contributed by atoms with Crippen LogP contribution in [-0.4, -0.2) is 69.4 Å². The van der Waals surface area contributed by atoms with E-state index in [2.05, 4.69) is 4.72 Å². The lowest BCUT2D eigenvalue weighted by Crippen LogP contribution is -2.50. The second kappa shape index (κ2) is 9.07. The minimum absolute atomic E-state index is 0.0569. The molecule has 9 nitrogen and oxygen atoms in total. The first-order chi connectivity index (χ1) is 15.4. The normalized spacial score (nSPS) is 15.9. The van der Waals surface area contributed by atoms with Gasteiger partial charge in [0.05, 0.1) is 4.90 Å². The van der Waals surface area contributed by atoms with Gasteiger partial charge >= 0.3 is 0 Å². The molecule has 1 N–H and O–H groups in total. The van der Waals surface area contributed by atoms with Crippen LogP contribution in [0.1, 0.15) is 23.7 Å². The van der Waals surface area contributed by atoms with Crippen molar-refractivity contribution in [2.45, 2.75) is 18.2 Å². The van der Waals surface area contributed by atoms with Crippen LogP contribution in [0.25, 0.3) is 0 Å². The number of amides is 2. The molecular weight excluding hydrogens is 434 g/mol. The lowest BCUT2D eigenvalue weighted by Gasteiger charge is -2.34. The van der Waals surface area contributed by atoms with Crippen LogP contribution in [0.15, 0.2) is 47.4 Å². The summed E-state index contributed by atoms with van der Waals surface area (Å²) in [5.41, 5.74) is 0.803. The van der Waals surface area contributed by atoms with Gasteiger partial charge in [0.1, 0.15) is 13.2 Å². The smallest absolute Gasteiger partial charge is 0.262 e. The molecule has 1 saturated heterocycles. The van der Waals surface area contributed by atoms with Crippen LogP contribution in [0.4, 0.5) is 5.69 Å². The Balaban J connectivity index is 1.40. The van der Waals surface area contributed by atoms with Gasteiger partial charge in [0, 0.05) is 49.9 Å². The molecule has 2 heterocycles. The van der Waals surface area contributed by atoms with Crippen molar-refractivity contribution in [1.82, 2.24) is 9.80 Å². The largest absolute Gasteiger partial charge is 0.486 e. The SMILES string of the molecule is CCC(=O)N1CCN(C(=O)c2ccc(NS(=O)(=O)c3ccc4c(c3)OCCO4)cc2)CC1. The van der Waals surface area contributed by atoms with Crippen molar-refractivity contribution in [3.8, 4) is 11.5 Å². The third kappa shape index (κ3) is 4.64. The Bertz CT molecular complexity index is 1110. The summed E-state index contributed by atoms with van der Waals surface area (Å²) in [6, 6.07) is 10.7. The number of rotatable bonds is 5. The average molecular weight is 460 g/mol. The Morgan fingerprint density at radius 2 is 1.53 bits per heavy atom. The standard InChI is InChI=1S/C22H25N3O6S/c1-2-21(26)24-9-11-25(12-10-24)22(27)16-3-5-17(6-4-16)23-32(28,29)18-7-8-19-20(15-18)31-14-13-30-19/h3-8,15,23H,2,9-14H2,1H3. The molecule has 0 saturated carbocycles. The molecule has 4 rings (SSSR count). The number of carbonyl (C=O) groups is 2. The molecule has 0 atom stereocenters. The number of ether oxygens (including phenoxy) is 2. The van der Waals surface area contributed by atoms with Crippen molar-refractivity contribution in [3.63, 3.8) is 0 Å². The maximum absolute atomic E-state index is 12.8. The lowest BCUT2D eigenvalue weighted by atomic mass is 10.1. The van der Waals surface area contributed by atoms with Gasteiger partial charge in [-0.3, -0.25) is 14.3 Å². The van der Waals surface area contributed by atoms with E-state index in [1.807, 2.05) is 6.92 Å². The topological polar surface area (TPSA) is 105 Å². The molecule has 2 aromatic carbocycles. The van der Waals surface area contributed by atoms with E-state index in [0.717, 1.165) is 0 Å². The molecule has 0 radical (unpaired) electrons. The zero-order chi connectivity index (χ0) is 22.7. The number of nitrogens with zero attached hydrogens (tertiary/aromatic N) is 2. The Morgan fingerprint density at radius 3 is 2.19 bits per heavy atom. The molecule has 170 valence electrons. The summed E-state index contributed by atoms with van der Waals surface area (Å²) in [6.45, 7) is 4.60. The first kappa shape index (κ1) is 21.9. The van der Waals surface area contributed by atoms with Crippen molar-refractivity contribution in [2.24, 2.45) is 0 Å². The number of nitrogens with one attached hydrogen (secondary N) is 1. The number of piperazine rings is 1. The molecule has 0 unspecified atom stereocenters. The van der Waals surface area contributed by atoms with Crippen molar-refractivity contribution in [1.29, 1.82) is 0 Å². The van der Waals surface area contributed by atoms with Crippen molar-refractivity contribution in [2.75, 3.05) is 44.1 Å². The van der Waals surface area contributed by atoms with E-state index in [0.29, 0.717) is 68.6 Å². The molecule has 0 bridgehead atoms. The maximum atomic E-state index is 12.8. The highest BCUT2D eigenvalue weighted by Crippen LogP contribution is 2.32. The quantitative estimate of drug-likeness (QED) is 0.733. The monoisotopic (exact) mass is 459 g/mol. The average Bonchev–Trinajstić information content (AvgIpc) is 2.83. The minimum Gasteiger partial charge on any atom is -0.486 e. The molecular formula is C22H25N3O6S. The number of sulfonamides is 1. The predicted octanol–water partition coefficient (Wildman–Crippen LogP) is 1.95. The lowest BCUT2D eigenvalue weighted by molar-refractivity contribution is -0.132. The fourth-order valence-corrected chi connectivity index (χ4v) is 4.72. The summed E-state index contributed by atoms with van der Waals surface area (Å²) >= 11 is 0. The maximum Gasteiger partial charge on any atom is 0.262 e. The highest BCUT2D eigenvalue weighted by atomic mass is 32.2. The van der Waals surface area contributed by atoms with E-state index in [-0.39, 0.29) is 16.7 Å². The van der Waals surface area contributed by atoms with Gasteiger partial charge in [-0.2, -0.15) is 0 Å². The van der Waals surface area contributed by atoms with E-state index in [1.54, 1.807) is 40.1 Å². The highest BCUT2D eigenvalue weighted by molar-refractivity contribution is 7.92. The zero-order valence-electron chi connectivity index (χ0n) is 17.7. The first-order valence-electron chi connectivity index (χ1n) is 10.5. The number of carbonyl (C=O) groups excluding carboxylic acids is 2. The first-order valence-corrected chi connectivity index (χ1v) is 12.0. The molecule has 2 amide bonds. The van der Waals surface area contributed by atoms with E-state index >= 15 is 0 Å². The molecule has 0 aromatic heterocycles. The number of fused-ring (bicyclic) bond motifs is 1. The summed E-state index contributed by atoms with van der Waals surface area (Å²) in [7, 11) is -3.84. The van der Waals surface area contributed by atoms with Gasteiger partial charge < -0.3 is 19.3 Å². The minimum atomic E-state index is -3.84. The van der Waals surface area contributed by atoms with E-state index in [4.69, 9.17) is 9.47 Å². The molecule has 1 fully saturated rings. The third-order valence-corrected chi connectivity index (χ3v) is 6.81. The van der Waals surface area contributed by atoms with Crippen LogP contribution < -0.4 is 14.2 Å². The zero-order valence-corrected chi connectivity index (χ0v) is 18.6. The van der Waals surface area contributed by atoms with Gasteiger partial charge in [-0.15, -0.1) is 0 Å². The predicted molar refractivity (Wildman–Crippen MR) is 117 cm³/mol. The van der Waals surface area contributed by atoms with E-state index < -0.39 is 10.0 Å². The van der Waals surface area contributed by atoms with Gasteiger partial charge in [-0.25, -0.2) is 8.42 Å². The Kier molecular flexibility index (Phi) is 6.22. The van der Waals surface area contributed by atoms with Crippen molar-refractivity contribution in [3.05, 3.63) is 48.0 Å². The second-order valence-electron chi connectivity index (χ2n) is 7.51. The number of hydrogen-bond donors (Lipinski definition) is 1. The Morgan fingerprint density at radius 1 is 0.906 bits per heavy atom. The Labute approximate surface area is 187 Å². The third-order valence-electron chi connectivity index (χ3n) is 5.43. The molecule has 2 aliphatic rings. The van der Waals surface area contributed by atoms with Crippen LogP contribution in [0.2, 0.25) is 0 Å². The van der Waals surface area contributed by atoms with Crippen LogP contribution in [0, 0.1) is 0 Å². The molecule has 10 heteroatoms. The van der Waals surface area contributed by atoms with Crippen LogP contribution in [-0.2, 0) is 14.8 Å². The van der Waals surface area contributed by atoms with Crippen LogP contribution >= 0.6 is 0 Å². The van der Waals surface area contributed by atoms with Crippen LogP contribution in [0.5, 0.6) is 11.5 Å². The fourth-order valence-electron chi connectivity index (χ4n) is 3.65. The summed E-state index contributed by atoms with van der Waals surface area (Å²) in [5.74, 6) is 0.848. The van der Waals surface area contributed by atoms with Crippen molar-refractivity contribution >= 4 is 27.5 Å². The molecule has 0 spiro atoms. The van der Waals surface area contributed by atoms with Gasteiger partial charge in [-0.05, 0) is 36.4 Å². The summed E-state index contributed by atoms with van der Waals surface area (Å²) in [4.78, 5) is 28.1. The highest BCUT2D eigenvalue weighted by Gasteiger charge is 2.24. The second-order valence-corrected chi connectivity index (χ2v) is 9.20. The van der Waals surface area contributed by atoms with Crippen molar-refractivity contribution < 1.29 is 27.5 Å². The van der Waals surface area contributed by atoms with Gasteiger partial charge in [0.15, 0.2) is 11.5 Å². The number of hydrogen-bond acceptors (Lipinski definition) is 6. The summed E-state index contributed by atoms with van der Waals surface area (Å²) in [6.07, 6.45) is 0.456. The molecule has 2 aliphatic heterocycles. The number of anilines is 1. The molecule has 2 aromatic rings. The number of benzene rings is 2. The van der Waals surface area contributed by atoms with Crippen LogP contribution in [0.3, 0.4) is 0 Å². The summed E-state index contributed by atoms with van der Waals surface area (Å²) < 4.78 is 38.9. The van der Waals surface area contributed by atoms with Gasteiger partial charge in [-0.1, -0.05) is 6.92 Å². The molecule has 0 aliphatic carbocycles. The Hall–Kier alpha value is -3.27. The van der Waals surface area contributed by atoms with E-state index in [9.17, 15) is 18.0 Å². The van der Waals surface area contributed by atoms with Gasteiger partial charge in [0.25, 0.3) is 15.9 Å². The molecule has 32 heavy (non-hydrogen) atoms. The fraction of sp³-hybridized carbons (Fsp3) is 0.364. The summed E-state index contributed by atoms with van der Waals surface area (Å²) in [5, 5.41) is 0. The van der Waals surface area contributed by atoms with E-state index in [1.165, 1.54) is 12.1 Å².